The molecule has 0 bridgehead atoms. The molecule has 0 saturated heterocycles. The largest absolute Gasteiger partial charge is 0.423 e. The van der Waals surface area contributed by atoms with Crippen molar-refractivity contribution in [2.75, 3.05) is 0 Å². The van der Waals surface area contributed by atoms with Gasteiger partial charge in [0.15, 0.2) is 0 Å². The SMILES string of the molecule is CC(C)c1ccc(OC(=O)c2cccc(Cl)c2)cc1. The van der Waals surface area contributed by atoms with Crippen LogP contribution in [0.4, 0.5) is 0 Å². The third-order valence-electron chi connectivity index (χ3n) is 2.82. The van der Waals surface area contributed by atoms with Gasteiger partial charge in [0, 0.05) is 5.02 Å². The van der Waals surface area contributed by atoms with Gasteiger partial charge in [0.25, 0.3) is 0 Å². The van der Waals surface area contributed by atoms with Crippen LogP contribution in [-0.2, 0) is 0 Å². The van der Waals surface area contributed by atoms with Crippen molar-refractivity contribution in [2.24, 2.45) is 0 Å². The molecule has 2 nitrogen and oxygen atoms in total. The standard InChI is InChI=1S/C16H15ClO2/c1-11(2)12-6-8-15(9-7-12)19-16(18)13-4-3-5-14(17)10-13/h3-11H,1-2H3. The van der Waals surface area contributed by atoms with Gasteiger partial charge in [-0.2, -0.15) is 0 Å². The van der Waals surface area contributed by atoms with Crippen molar-refractivity contribution in [1.29, 1.82) is 0 Å². The van der Waals surface area contributed by atoms with E-state index < -0.39 is 5.97 Å². The lowest BCUT2D eigenvalue weighted by Crippen LogP contribution is -2.08. The second-order valence-electron chi connectivity index (χ2n) is 4.62. The van der Waals surface area contributed by atoms with E-state index in [4.69, 9.17) is 16.3 Å². The molecule has 0 aromatic heterocycles. The predicted molar refractivity (Wildman–Crippen MR) is 76.9 cm³/mol. The van der Waals surface area contributed by atoms with E-state index in [1.165, 1.54) is 5.56 Å². The minimum absolute atomic E-state index is 0.403. The van der Waals surface area contributed by atoms with Gasteiger partial charge in [0.2, 0.25) is 0 Å². The Bertz CT molecular complexity index is 574. The van der Waals surface area contributed by atoms with Crippen LogP contribution in [0.15, 0.2) is 48.5 Å². The predicted octanol–water partition coefficient (Wildman–Crippen LogP) is 4.68. The van der Waals surface area contributed by atoms with E-state index in [0.29, 0.717) is 22.3 Å². The lowest BCUT2D eigenvalue weighted by atomic mass is 10.0. The van der Waals surface area contributed by atoms with Crippen molar-refractivity contribution in [3.63, 3.8) is 0 Å². The van der Waals surface area contributed by atoms with Crippen LogP contribution in [0, 0.1) is 0 Å². The van der Waals surface area contributed by atoms with E-state index >= 15 is 0 Å². The monoisotopic (exact) mass is 274 g/mol. The Morgan fingerprint density at radius 1 is 1.11 bits per heavy atom. The number of esters is 1. The van der Waals surface area contributed by atoms with Gasteiger partial charge in [-0.25, -0.2) is 4.79 Å². The van der Waals surface area contributed by atoms with Crippen molar-refractivity contribution in [3.05, 3.63) is 64.7 Å². The summed E-state index contributed by atoms with van der Waals surface area (Å²) in [5.41, 5.74) is 1.66. The van der Waals surface area contributed by atoms with E-state index in [0.717, 1.165) is 0 Å². The zero-order valence-corrected chi connectivity index (χ0v) is 11.6. The average molecular weight is 275 g/mol. The van der Waals surface area contributed by atoms with Gasteiger partial charge in [0.1, 0.15) is 5.75 Å². The highest BCUT2D eigenvalue weighted by atomic mass is 35.5. The van der Waals surface area contributed by atoms with Gasteiger partial charge >= 0.3 is 5.97 Å². The van der Waals surface area contributed by atoms with E-state index in [1.54, 1.807) is 36.4 Å². The molecule has 19 heavy (non-hydrogen) atoms. The summed E-state index contributed by atoms with van der Waals surface area (Å²) in [7, 11) is 0. The lowest BCUT2D eigenvalue weighted by Gasteiger charge is -2.07. The van der Waals surface area contributed by atoms with Crippen LogP contribution in [0.1, 0.15) is 35.7 Å². The fraction of sp³-hybridized carbons (Fsp3) is 0.188. The maximum Gasteiger partial charge on any atom is 0.343 e. The Balaban J connectivity index is 2.10. The summed E-state index contributed by atoms with van der Waals surface area (Å²) in [6, 6.07) is 14.2. The van der Waals surface area contributed by atoms with Gasteiger partial charge in [-0.1, -0.05) is 43.6 Å². The van der Waals surface area contributed by atoms with Gasteiger partial charge in [-0.15, -0.1) is 0 Å². The van der Waals surface area contributed by atoms with Gasteiger partial charge in [-0.05, 0) is 41.8 Å². The average Bonchev–Trinajstić information content (AvgIpc) is 2.39. The summed E-state index contributed by atoms with van der Waals surface area (Å²) < 4.78 is 5.29. The molecule has 0 fully saturated rings. The smallest absolute Gasteiger partial charge is 0.343 e. The highest BCUT2D eigenvalue weighted by Gasteiger charge is 2.09. The molecular weight excluding hydrogens is 260 g/mol. The van der Waals surface area contributed by atoms with Crippen LogP contribution in [0.3, 0.4) is 0 Å². The molecule has 0 radical (unpaired) electrons. The first-order chi connectivity index (χ1) is 9.06. The van der Waals surface area contributed by atoms with Crippen LogP contribution in [0.25, 0.3) is 0 Å². The minimum atomic E-state index is -0.403. The van der Waals surface area contributed by atoms with Crippen molar-refractivity contribution in [3.8, 4) is 5.75 Å². The molecular formula is C16H15ClO2. The van der Waals surface area contributed by atoms with Crippen LogP contribution in [0.2, 0.25) is 5.02 Å². The molecule has 0 atom stereocenters. The first-order valence-corrected chi connectivity index (χ1v) is 6.52. The van der Waals surface area contributed by atoms with Crippen molar-refractivity contribution in [1.82, 2.24) is 0 Å². The Hall–Kier alpha value is -1.80. The van der Waals surface area contributed by atoms with Crippen LogP contribution in [0.5, 0.6) is 5.75 Å². The molecule has 2 aromatic rings. The molecule has 0 unspecified atom stereocenters. The van der Waals surface area contributed by atoms with Crippen LogP contribution in [-0.4, -0.2) is 5.97 Å². The molecule has 2 rings (SSSR count). The zero-order chi connectivity index (χ0) is 13.8. The Labute approximate surface area is 118 Å². The van der Waals surface area contributed by atoms with Crippen LogP contribution >= 0.6 is 11.6 Å². The first-order valence-electron chi connectivity index (χ1n) is 6.14. The molecule has 98 valence electrons. The molecule has 0 heterocycles. The topological polar surface area (TPSA) is 26.3 Å². The van der Waals surface area contributed by atoms with Crippen molar-refractivity contribution < 1.29 is 9.53 Å². The summed E-state index contributed by atoms with van der Waals surface area (Å²) in [5.74, 6) is 0.590. The Kier molecular flexibility index (Phi) is 4.23. The minimum Gasteiger partial charge on any atom is -0.423 e. The van der Waals surface area contributed by atoms with E-state index in [2.05, 4.69) is 13.8 Å². The summed E-state index contributed by atoms with van der Waals surface area (Å²) in [5, 5.41) is 0.518. The highest BCUT2D eigenvalue weighted by molar-refractivity contribution is 6.30. The van der Waals surface area contributed by atoms with Gasteiger partial charge in [-0.3, -0.25) is 0 Å². The van der Waals surface area contributed by atoms with Gasteiger partial charge < -0.3 is 4.74 Å². The number of carbonyl (C=O) groups is 1. The summed E-state index contributed by atoms with van der Waals surface area (Å²) in [6.07, 6.45) is 0. The van der Waals surface area contributed by atoms with E-state index in [9.17, 15) is 4.79 Å². The van der Waals surface area contributed by atoms with E-state index in [-0.39, 0.29) is 0 Å². The number of halogens is 1. The maximum atomic E-state index is 11.9. The molecule has 3 heteroatoms. The lowest BCUT2D eigenvalue weighted by molar-refractivity contribution is 0.0734. The number of carbonyl (C=O) groups excluding carboxylic acids is 1. The Morgan fingerprint density at radius 2 is 1.79 bits per heavy atom. The van der Waals surface area contributed by atoms with Gasteiger partial charge in [0.05, 0.1) is 5.56 Å². The maximum absolute atomic E-state index is 11.9. The molecule has 0 aliphatic carbocycles. The molecule has 0 aliphatic rings. The third-order valence-corrected chi connectivity index (χ3v) is 3.05. The molecule has 0 spiro atoms. The number of hydrogen-bond donors (Lipinski definition) is 0. The number of hydrogen-bond acceptors (Lipinski definition) is 2. The number of benzene rings is 2. The summed E-state index contributed by atoms with van der Waals surface area (Å²) in [6.45, 7) is 4.24. The van der Waals surface area contributed by atoms with Crippen molar-refractivity contribution in [2.45, 2.75) is 19.8 Å². The highest BCUT2D eigenvalue weighted by Crippen LogP contribution is 2.20. The second-order valence-corrected chi connectivity index (χ2v) is 5.06. The zero-order valence-electron chi connectivity index (χ0n) is 10.9. The Morgan fingerprint density at radius 3 is 2.37 bits per heavy atom. The fourth-order valence-corrected chi connectivity index (χ4v) is 1.89. The molecule has 0 amide bonds. The fourth-order valence-electron chi connectivity index (χ4n) is 1.70. The van der Waals surface area contributed by atoms with Crippen molar-refractivity contribution >= 4 is 17.6 Å². The molecule has 0 aliphatic heterocycles. The molecule has 0 N–H and O–H groups in total. The first kappa shape index (κ1) is 13.6. The van der Waals surface area contributed by atoms with Crippen LogP contribution < -0.4 is 4.74 Å². The van der Waals surface area contributed by atoms with E-state index in [1.807, 2.05) is 12.1 Å². The normalized spacial score (nSPS) is 10.5. The quantitative estimate of drug-likeness (QED) is 0.600. The summed E-state index contributed by atoms with van der Waals surface area (Å²) >= 11 is 5.84. The molecule has 2 aromatic carbocycles. The summed E-state index contributed by atoms with van der Waals surface area (Å²) in [4.78, 5) is 11.9. The third kappa shape index (κ3) is 3.58. The number of rotatable bonds is 3. The second kappa shape index (κ2) is 5.89. The number of ether oxygens (including phenoxy) is 1. The molecule has 0 saturated carbocycles.